The van der Waals surface area contributed by atoms with Crippen molar-refractivity contribution in [3.8, 4) is 0 Å². The molecule has 108 valence electrons. The first-order chi connectivity index (χ1) is 8.52. The third-order valence-electron chi connectivity index (χ3n) is 6.66. The summed E-state index contributed by atoms with van der Waals surface area (Å²) in [5.74, 6) is 3.12. The van der Waals surface area contributed by atoms with Crippen molar-refractivity contribution in [1.82, 2.24) is 0 Å². The molecule has 0 heterocycles. The second-order valence-electron chi connectivity index (χ2n) is 8.40. The SMILES string of the molecule is CC1=C[C](C)([Ti]([CH3])([CH3])[CH3])C2=C1C(C)C(C)C(C)C2C. The van der Waals surface area contributed by atoms with E-state index in [9.17, 15) is 0 Å². The van der Waals surface area contributed by atoms with Gasteiger partial charge in [-0.15, -0.1) is 0 Å². The summed E-state index contributed by atoms with van der Waals surface area (Å²) in [6.45, 7) is 14.8. The van der Waals surface area contributed by atoms with E-state index in [-0.39, 0.29) is 0 Å². The van der Waals surface area contributed by atoms with Crippen LogP contribution in [0.5, 0.6) is 0 Å². The van der Waals surface area contributed by atoms with Crippen LogP contribution in [0.25, 0.3) is 0 Å². The molecule has 2 aliphatic rings. The van der Waals surface area contributed by atoms with Gasteiger partial charge in [0, 0.05) is 0 Å². The Morgan fingerprint density at radius 2 is 1.42 bits per heavy atom. The molecule has 0 aromatic rings. The van der Waals surface area contributed by atoms with Gasteiger partial charge in [0.1, 0.15) is 0 Å². The summed E-state index contributed by atoms with van der Waals surface area (Å²) in [7, 11) is 0. The van der Waals surface area contributed by atoms with Crippen LogP contribution in [-0.4, -0.2) is 0 Å². The molecule has 2 rings (SSSR count). The average molecular weight is 296 g/mol. The van der Waals surface area contributed by atoms with E-state index in [4.69, 9.17) is 0 Å². The van der Waals surface area contributed by atoms with E-state index >= 15 is 0 Å². The molecule has 5 unspecified atom stereocenters. The zero-order valence-corrected chi connectivity index (χ0v) is 15.9. The van der Waals surface area contributed by atoms with E-state index in [2.05, 4.69) is 63.3 Å². The van der Waals surface area contributed by atoms with Crippen LogP contribution in [0.2, 0.25) is 19.4 Å². The molecule has 5 atom stereocenters. The molecule has 0 spiro atoms. The van der Waals surface area contributed by atoms with Gasteiger partial charge in [0.15, 0.2) is 0 Å². The normalized spacial score (nSPS) is 43.3. The van der Waals surface area contributed by atoms with Crippen molar-refractivity contribution in [2.24, 2.45) is 23.7 Å². The quantitative estimate of drug-likeness (QED) is 0.500. The van der Waals surface area contributed by atoms with Crippen LogP contribution in [0.15, 0.2) is 22.8 Å². The van der Waals surface area contributed by atoms with Gasteiger partial charge in [-0.05, 0) is 0 Å². The molecule has 0 aromatic carbocycles. The van der Waals surface area contributed by atoms with Gasteiger partial charge in [-0.3, -0.25) is 0 Å². The van der Waals surface area contributed by atoms with Gasteiger partial charge in [-0.1, -0.05) is 0 Å². The standard InChI is InChI=1S/C15H23.3CH3.Ti/c1-8-7-9(2)15-13(6)11(4)10(3)12(5)14(8)15;;;;/h7,10-13H,1-6H3;3*1H3;. The van der Waals surface area contributed by atoms with E-state index in [1.807, 2.05) is 5.57 Å². The fourth-order valence-corrected chi connectivity index (χ4v) is 7.30. The molecule has 0 amide bonds. The molecular formula is C18H32Ti. The van der Waals surface area contributed by atoms with Crippen molar-refractivity contribution < 1.29 is 16.6 Å². The predicted molar refractivity (Wildman–Crippen MR) is 83.4 cm³/mol. The molecule has 0 aromatic heterocycles. The average Bonchev–Trinajstić information content (AvgIpc) is 2.56. The Bertz CT molecular complexity index is 449. The van der Waals surface area contributed by atoms with Crippen LogP contribution >= 0.6 is 0 Å². The van der Waals surface area contributed by atoms with Gasteiger partial charge < -0.3 is 0 Å². The molecule has 0 bridgehead atoms. The van der Waals surface area contributed by atoms with Gasteiger partial charge in [0.25, 0.3) is 0 Å². The van der Waals surface area contributed by atoms with Crippen molar-refractivity contribution in [2.75, 3.05) is 0 Å². The van der Waals surface area contributed by atoms with Crippen molar-refractivity contribution in [2.45, 2.75) is 60.9 Å². The zero-order valence-electron chi connectivity index (χ0n) is 14.4. The van der Waals surface area contributed by atoms with Crippen LogP contribution in [0, 0.1) is 23.7 Å². The molecule has 0 radical (unpaired) electrons. The number of hydrogen-bond donors (Lipinski definition) is 0. The number of allylic oxidation sites excluding steroid dienone is 4. The minimum absolute atomic E-state index is 0.418. The van der Waals surface area contributed by atoms with Gasteiger partial charge >= 0.3 is 124 Å². The molecule has 0 N–H and O–H groups in total. The van der Waals surface area contributed by atoms with Crippen molar-refractivity contribution in [3.63, 3.8) is 0 Å². The van der Waals surface area contributed by atoms with Gasteiger partial charge in [0.05, 0.1) is 0 Å². The Hall–Kier alpha value is 0.194. The maximum atomic E-state index is 2.65. The van der Waals surface area contributed by atoms with Gasteiger partial charge in [0.2, 0.25) is 0 Å². The van der Waals surface area contributed by atoms with E-state index < -0.39 is 16.6 Å². The second-order valence-corrected chi connectivity index (χ2v) is 17.1. The van der Waals surface area contributed by atoms with Crippen molar-refractivity contribution >= 4 is 0 Å². The molecule has 0 nitrogen and oxygen atoms in total. The third-order valence-corrected chi connectivity index (χ3v) is 12.2. The first kappa shape index (κ1) is 15.6. The van der Waals surface area contributed by atoms with Crippen LogP contribution in [0.1, 0.15) is 41.5 Å². The summed E-state index contributed by atoms with van der Waals surface area (Å²) < 4.78 is 0.418. The molecule has 0 fully saturated rings. The van der Waals surface area contributed by atoms with Crippen LogP contribution in [0.4, 0.5) is 0 Å². The summed E-state index contributed by atoms with van der Waals surface area (Å²) in [5.41, 5.74) is 5.16. The Morgan fingerprint density at radius 1 is 0.947 bits per heavy atom. The molecule has 19 heavy (non-hydrogen) atoms. The predicted octanol–water partition coefficient (Wildman–Crippen LogP) is 6.28. The van der Waals surface area contributed by atoms with Gasteiger partial charge in [-0.2, -0.15) is 0 Å². The van der Waals surface area contributed by atoms with Crippen LogP contribution in [0.3, 0.4) is 0 Å². The van der Waals surface area contributed by atoms with E-state index in [0.29, 0.717) is 3.72 Å². The second kappa shape index (κ2) is 4.60. The molecular weight excluding hydrogens is 264 g/mol. The summed E-state index contributed by atoms with van der Waals surface area (Å²) in [6, 6.07) is 0. The zero-order chi connectivity index (χ0) is 14.7. The summed E-state index contributed by atoms with van der Waals surface area (Å²) in [4.78, 5) is 0. The van der Waals surface area contributed by atoms with Crippen LogP contribution in [-0.2, 0) is 16.6 Å². The topological polar surface area (TPSA) is 0 Å². The summed E-state index contributed by atoms with van der Waals surface area (Å²) in [6.07, 6.45) is 2.65. The van der Waals surface area contributed by atoms with Gasteiger partial charge in [-0.25, -0.2) is 0 Å². The Kier molecular flexibility index (Phi) is 3.77. The molecule has 1 heteroatoms. The van der Waals surface area contributed by atoms with E-state index in [1.165, 1.54) is 0 Å². The third kappa shape index (κ3) is 2.05. The number of hydrogen-bond acceptors (Lipinski definition) is 0. The van der Waals surface area contributed by atoms with E-state index in [1.54, 1.807) is 11.1 Å². The molecule has 0 saturated carbocycles. The summed E-state index contributed by atoms with van der Waals surface area (Å²) >= 11 is -1.80. The maximum absolute atomic E-state index is 2.65. The Labute approximate surface area is 124 Å². The first-order valence-electron chi connectivity index (χ1n) is 7.96. The first-order valence-corrected chi connectivity index (χ1v) is 13.4. The number of rotatable bonds is 1. The van der Waals surface area contributed by atoms with E-state index in [0.717, 1.165) is 23.7 Å². The van der Waals surface area contributed by atoms with Crippen LogP contribution < -0.4 is 0 Å². The monoisotopic (exact) mass is 296 g/mol. The molecule has 2 aliphatic carbocycles. The fraction of sp³-hybridized carbons (Fsp3) is 0.778. The van der Waals surface area contributed by atoms with Crippen molar-refractivity contribution in [3.05, 3.63) is 22.8 Å². The Morgan fingerprint density at radius 3 is 1.89 bits per heavy atom. The minimum atomic E-state index is -1.80. The Balaban J connectivity index is 2.65. The molecule has 0 saturated heterocycles. The fourth-order valence-electron chi connectivity index (χ4n) is 4.46. The van der Waals surface area contributed by atoms with Crippen molar-refractivity contribution in [1.29, 1.82) is 0 Å². The summed E-state index contributed by atoms with van der Waals surface area (Å²) in [5, 5.41) is 7.75. The molecule has 0 aliphatic heterocycles.